The highest BCUT2D eigenvalue weighted by molar-refractivity contribution is 6.31. The molecule has 2 N–H and O–H groups in total. The van der Waals surface area contributed by atoms with Crippen LogP contribution < -0.4 is 16.2 Å². The number of hydrogen-bond donors (Lipinski definition) is 2. The second-order valence-corrected chi connectivity index (χ2v) is 6.93. The summed E-state index contributed by atoms with van der Waals surface area (Å²) in [6.07, 6.45) is 2.64. The zero-order chi connectivity index (χ0) is 17.8. The highest BCUT2D eigenvalue weighted by Crippen LogP contribution is 2.16. The van der Waals surface area contributed by atoms with Gasteiger partial charge in [0.25, 0.3) is 11.5 Å². The van der Waals surface area contributed by atoms with Gasteiger partial charge in [0.1, 0.15) is 0 Å². The average molecular weight is 396 g/mol. The molecule has 5 nitrogen and oxygen atoms in total. The molecule has 1 saturated heterocycles. The van der Waals surface area contributed by atoms with Gasteiger partial charge in [-0.3, -0.25) is 9.59 Å². The molecule has 1 fully saturated rings. The number of rotatable bonds is 4. The summed E-state index contributed by atoms with van der Waals surface area (Å²) in [6.45, 7) is 4.23. The predicted octanol–water partition coefficient (Wildman–Crippen LogP) is 2.70. The standard InChI is InChI=1S/C19H22ClN3O2.ClH/c1-13-8-9-21-10-17(13)22-19(25)15-6-7-18(24)23(12-15)11-14-4-2-3-5-16(14)20;/h2-7,12-13,17,21H,8-11H2,1H3,(H,22,25);1H. The van der Waals surface area contributed by atoms with Crippen LogP contribution in [-0.4, -0.2) is 29.6 Å². The molecule has 2 aromatic rings. The quantitative estimate of drug-likeness (QED) is 0.836. The van der Waals surface area contributed by atoms with Crippen molar-refractivity contribution in [2.24, 2.45) is 5.92 Å². The van der Waals surface area contributed by atoms with Crippen LogP contribution in [0.5, 0.6) is 0 Å². The molecule has 1 aromatic carbocycles. The third kappa shape index (κ3) is 4.87. The summed E-state index contributed by atoms with van der Waals surface area (Å²) in [5.41, 5.74) is 1.16. The van der Waals surface area contributed by atoms with Crippen LogP contribution in [0, 0.1) is 5.92 Å². The third-order valence-electron chi connectivity index (χ3n) is 4.69. The molecule has 0 spiro atoms. The lowest BCUT2D eigenvalue weighted by atomic mass is 9.94. The van der Waals surface area contributed by atoms with E-state index in [9.17, 15) is 9.59 Å². The van der Waals surface area contributed by atoms with Crippen LogP contribution in [0.15, 0.2) is 47.4 Å². The van der Waals surface area contributed by atoms with Crippen molar-refractivity contribution in [1.29, 1.82) is 0 Å². The summed E-state index contributed by atoms with van der Waals surface area (Å²) >= 11 is 6.17. The Balaban J connectivity index is 0.00000243. The Morgan fingerprint density at radius 3 is 2.81 bits per heavy atom. The molecule has 140 valence electrons. The van der Waals surface area contributed by atoms with Gasteiger partial charge in [0.15, 0.2) is 0 Å². The summed E-state index contributed by atoms with van der Waals surface area (Å²) in [7, 11) is 0. The first-order valence-corrected chi connectivity index (χ1v) is 8.88. The van der Waals surface area contributed by atoms with Crippen molar-refractivity contribution in [2.75, 3.05) is 13.1 Å². The molecule has 7 heteroatoms. The molecule has 1 aromatic heterocycles. The maximum Gasteiger partial charge on any atom is 0.253 e. The topological polar surface area (TPSA) is 63.1 Å². The summed E-state index contributed by atoms with van der Waals surface area (Å²) in [6, 6.07) is 10.5. The molecular weight excluding hydrogens is 373 g/mol. The molecule has 0 aliphatic carbocycles. The first-order valence-electron chi connectivity index (χ1n) is 8.50. The highest BCUT2D eigenvalue weighted by atomic mass is 35.5. The Labute approximate surface area is 164 Å². The van der Waals surface area contributed by atoms with Gasteiger partial charge in [0.05, 0.1) is 12.1 Å². The van der Waals surface area contributed by atoms with Gasteiger partial charge in [-0.25, -0.2) is 0 Å². The SMILES string of the molecule is CC1CCNCC1NC(=O)c1ccc(=O)n(Cc2ccccc2Cl)c1.Cl. The van der Waals surface area contributed by atoms with Crippen LogP contribution in [-0.2, 0) is 6.54 Å². The zero-order valence-electron chi connectivity index (χ0n) is 14.6. The van der Waals surface area contributed by atoms with E-state index in [1.807, 2.05) is 18.2 Å². The maximum absolute atomic E-state index is 12.6. The molecule has 0 radical (unpaired) electrons. The maximum atomic E-state index is 12.6. The van der Waals surface area contributed by atoms with Gasteiger partial charge in [-0.15, -0.1) is 12.4 Å². The second kappa shape index (κ2) is 9.21. The number of pyridine rings is 1. The monoisotopic (exact) mass is 395 g/mol. The Morgan fingerprint density at radius 1 is 1.31 bits per heavy atom. The van der Waals surface area contributed by atoms with Crippen LogP contribution in [0.4, 0.5) is 0 Å². The molecule has 0 bridgehead atoms. The Morgan fingerprint density at radius 2 is 2.08 bits per heavy atom. The summed E-state index contributed by atoms with van der Waals surface area (Å²) < 4.78 is 1.51. The number of carbonyl (C=O) groups is 1. The van der Waals surface area contributed by atoms with Crippen LogP contribution in [0.3, 0.4) is 0 Å². The number of piperidine rings is 1. The summed E-state index contributed by atoms with van der Waals surface area (Å²) in [4.78, 5) is 24.7. The average Bonchev–Trinajstić information content (AvgIpc) is 2.60. The number of nitrogens with one attached hydrogen (secondary N) is 2. The van der Waals surface area contributed by atoms with Crippen molar-refractivity contribution in [3.8, 4) is 0 Å². The van der Waals surface area contributed by atoms with Crippen molar-refractivity contribution in [2.45, 2.75) is 25.9 Å². The zero-order valence-corrected chi connectivity index (χ0v) is 16.1. The number of amides is 1. The lowest BCUT2D eigenvalue weighted by Gasteiger charge is -2.30. The number of halogens is 2. The number of carbonyl (C=O) groups excluding carboxylic acids is 1. The molecule has 1 amide bonds. The first kappa shape index (κ1) is 20.5. The van der Waals surface area contributed by atoms with Gasteiger partial charge >= 0.3 is 0 Å². The minimum absolute atomic E-state index is 0. The van der Waals surface area contributed by atoms with Crippen LogP contribution in [0.1, 0.15) is 29.3 Å². The lowest BCUT2D eigenvalue weighted by Crippen LogP contribution is -2.50. The Kier molecular flexibility index (Phi) is 7.26. The number of nitrogens with zero attached hydrogens (tertiary/aromatic N) is 1. The predicted molar refractivity (Wildman–Crippen MR) is 106 cm³/mol. The van der Waals surface area contributed by atoms with E-state index in [2.05, 4.69) is 17.6 Å². The van der Waals surface area contributed by atoms with E-state index in [0.29, 0.717) is 23.0 Å². The van der Waals surface area contributed by atoms with Gasteiger partial charge in [-0.2, -0.15) is 0 Å². The number of aromatic nitrogens is 1. The molecule has 0 saturated carbocycles. The lowest BCUT2D eigenvalue weighted by molar-refractivity contribution is 0.0914. The molecule has 3 rings (SSSR count). The van der Waals surface area contributed by atoms with Crippen molar-refractivity contribution in [3.05, 3.63) is 69.1 Å². The van der Waals surface area contributed by atoms with Gasteiger partial charge in [0, 0.05) is 29.9 Å². The number of hydrogen-bond acceptors (Lipinski definition) is 3. The Hall–Kier alpha value is -1.82. The minimum Gasteiger partial charge on any atom is -0.348 e. The molecule has 2 unspecified atom stereocenters. The first-order chi connectivity index (χ1) is 12.0. The normalized spacial score (nSPS) is 19.5. The summed E-state index contributed by atoms with van der Waals surface area (Å²) in [5, 5.41) is 6.96. The third-order valence-corrected chi connectivity index (χ3v) is 5.06. The van der Waals surface area contributed by atoms with Crippen LogP contribution >= 0.6 is 24.0 Å². The van der Waals surface area contributed by atoms with E-state index < -0.39 is 0 Å². The highest BCUT2D eigenvalue weighted by Gasteiger charge is 2.23. The van der Waals surface area contributed by atoms with E-state index >= 15 is 0 Å². The molecule has 1 aliphatic heterocycles. The minimum atomic E-state index is -0.163. The van der Waals surface area contributed by atoms with E-state index in [1.54, 1.807) is 18.3 Å². The van der Waals surface area contributed by atoms with Crippen molar-refractivity contribution in [1.82, 2.24) is 15.2 Å². The van der Waals surface area contributed by atoms with Gasteiger partial charge in [0.2, 0.25) is 0 Å². The van der Waals surface area contributed by atoms with Gasteiger partial charge in [-0.05, 0) is 36.6 Å². The van der Waals surface area contributed by atoms with E-state index in [4.69, 9.17) is 11.6 Å². The van der Waals surface area contributed by atoms with Crippen molar-refractivity contribution < 1.29 is 4.79 Å². The van der Waals surface area contributed by atoms with E-state index in [0.717, 1.165) is 25.1 Å². The fourth-order valence-corrected chi connectivity index (χ4v) is 3.23. The fraction of sp³-hybridized carbons (Fsp3) is 0.368. The smallest absolute Gasteiger partial charge is 0.253 e. The molecule has 2 atom stereocenters. The van der Waals surface area contributed by atoms with Crippen LogP contribution in [0.2, 0.25) is 5.02 Å². The largest absolute Gasteiger partial charge is 0.348 e. The van der Waals surface area contributed by atoms with Gasteiger partial charge < -0.3 is 15.2 Å². The van der Waals surface area contributed by atoms with E-state index in [1.165, 1.54) is 10.6 Å². The van der Waals surface area contributed by atoms with Gasteiger partial charge in [-0.1, -0.05) is 36.7 Å². The molecule has 1 aliphatic rings. The van der Waals surface area contributed by atoms with E-state index in [-0.39, 0.29) is 29.9 Å². The molecular formula is C19H23Cl2N3O2. The second-order valence-electron chi connectivity index (χ2n) is 6.53. The molecule has 26 heavy (non-hydrogen) atoms. The molecule has 2 heterocycles. The van der Waals surface area contributed by atoms with Crippen LogP contribution in [0.25, 0.3) is 0 Å². The van der Waals surface area contributed by atoms with Crippen molar-refractivity contribution >= 4 is 29.9 Å². The fourth-order valence-electron chi connectivity index (χ4n) is 3.03. The van der Waals surface area contributed by atoms with Crippen molar-refractivity contribution in [3.63, 3.8) is 0 Å². The number of benzene rings is 1. The Bertz CT molecular complexity index is 822. The summed E-state index contributed by atoms with van der Waals surface area (Å²) in [5.74, 6) is 0.271.